The van der Waals surface area contributed by atoms with Crippen molar-refractivity contribution in [2.24, 2.45) is 0 Å². The van der Waals surface area contributed by atoms with Crippen molar-refractivity contribution in [2.45, 2.75) is 0 Å². The Kier molecular flexibility index (Phi) is 2.10. The lowest BCUT2D eigenvalue weighted by Gasteiger charge is -2.07. The summed E-state index contributed by atoms with van der Waals surface area (Å²) in [6.45, 7) is 0. The van der Waals surface area contributed by atoms with Crippen LogP contribution in [-0.2, 0) is 0 Å². The van der Waals surface area contributed by atoms with Crippen molar-refractivity contribution in [1.82, 2.24) is 0 Å². The van der Waals surface area contributed by atoms with Gasteiger partial charge in [-0.05, 0) is 76.8 Å². The van der Waals surface area contributed by atoms with Gasteiger partial charge in [0.05, 0.1) is 0 Å². The summed E-state index contributed by atoms with van der Waals surface area (Å²) in [6, 6.07) is 32.1. The van der Waals surface area contributed by atoms with Crippen molar-refractivity contribution in [3.63, 3.8) is 0 Å². The summed E-state index contributed by atoms with van der Waals surface area (Å²) in [4.78, 5) is 0. The molecule has 0 aliphatic rings. The smallest absolute Gasteiger partial charge is 0.00134 e. The third-order valence-electron chi connectivity index (χ3n) is 6.08. The van der Waals surface area contributed by atoms with Crippen LogP contribution in [0.15, 0.2) is 78.9 Å². The first-order chi connectivity index (χ1) is 12.9. The molecule has 0 heteroatoms. The van der Waals surface area contributed by atoms with Gasteiger partial charge in [0.2, 0.25) is 0 Å². The fourth-order valence-electron chi connectivity index (χ4n) is 5.15. The zero-order valence-corrected chi connectivity index (χ0v) is 14.0. The van der Waals surface area contributed by atoms with Crippen LogP contribution < -0.4 is 0 Å². The van der Waals surface area contributed by atoms with Crippen LogP contribution in [-0.4, -0.2) is 0 Å². The van der Waals surface area contributed by atoms with Gasteiger partial charge in [-0.2, -0.15) is 0 Å². The topological polar surface area (TPSA) is 0 Å². The number of benzene rings is 5. The molecule has 0 heterocycles. The first-order valence-corrected chi connectivity index (χ1v) is 9.05. The normalized spacial score (nSPS) is 12.6. The molecule has 0 bridgehead atoms. The predicted molar refractivity (Wildman–Crippen MR) is 113 cm³/mol. The molecule has 26 heavy (non-hydrogen) atoms. The minimum absolute atomic E-state index is 1.32. The average molecular weight is 325 g/mol. The Morgan fingerprint density at radius 2 is 0.846 bits per heavy atom. The molecular weight excluding hydrogens is 312 g/mol. The highest BCUT2D eigenvalue weighted by Gasteiger charge is 2.20. The second-order valence-electron chi connectivity index (χ2n) is 7.22. The Morgan fingerprint density at radius 1 is 0.385 bits per heavy atom. The highest BCUT2D eigenvalue weighted by molar-refractivity contribution is 6.47. The van der Waals surface area contributed by atoms with E-state index in [1.54, 1.807) is 0 Å². The van der Waals surface area contributed by atoms with Crippen molar-refractivity contribution in [1.29, 1.82) is 0 Å². The van der Waals surface area contributed by atoms with E-state index < -0.39 is 0 Å². The predicted octanol–water partition coefficient (Wildman–Crippen LogP) is 7.28. The van der Waals surface area contributed by atoms with Gasteiger partial charge in [0.15, 0.2) is 0 Å². The molecule has 0 nitrogen and oxygen atoms in total. The molecule has 7 aromatic rings. The van der Waals surface area contributed by atoms with Gasteiger partial charge in [-0.25, -0.2) is 0 Å². The molecule has 0 aromatic heterocycles. The average Bonchev–Trinajstić information content (AvgIpc) is 3.22. The molecule has 0 saturated heterocycles. The van der Waals surface area contributed by atoms with Gasteiger partial charge in [-0.15, -0.1) is 0 Å². The van der Waals surface area contributed by atoms with E-state index in [9.17, 15) is 0 Å². The zero-order valence-electron chi connectivity index (χ0n) is 14.0. The van der Waals surface area contributed by atoms with Gasteiger partial charge in [0.25, 0.3) is 0 Å². The standard InChI is InChI=1S/C26H13/c1-3-9-17-15(7-1)19-11-5-13-22-24-18-10-4-2-8-16(18)20-12-6-14-21(26(20)24)23(17)25(19)22/h1-3,5-14H. The third kappa shape index (κ3) is 1.28. The van der Waals surface area contributed by atoms with Gasteiger partial charge in [-0.1, -0.05) is 72.8 Å². The van der Waals surface area contributed by atoms with E-state index >= 15 is 0 Å². The zero-order chi connectivity index (χ0) is 16.8. The summed E-state index contributed by atoms with van der Waals surface area (Å²) in [5.41, 5.74) is 0. The van der Waals surface area contributed by atoms with Crippen LogP contribution in [0.3, 0.4) is 0 Å². The first kappa shape index (κ1) is 12.9. The third-order valence-corrected chi connectivity index (χ3v) is 6.08. The van der Waals surface area contributed by atoms with Gasteiger partial charge < -0.3 is 0 Å². The molecule has 0 fully saturated rings. The van der Waals surface area contributed by atoms with E-state index in [1.807, 2.05) is 6.07 Å². The Hall–Kier alpha value is -3.38. The molecular formula is C26H13. The molecule has 117 valence electrons. The Morgan fingerprint density at radius 3 is 1.50 bits per heavy atom. The fraction of sp³-hybridized carbons (Fsp3) is 0. The van der Waals surface area contributed by atoms with Gasteiger partial charge in [-0.3, -0.25) is 0 Å². The summed E-state index contributed by atoms with van der Waals surface area (Å²) in [5, 5.41) is 16.4. The monoisotopic (exact) mass is 325 g/mol. The van der Waals surface area contributed by atoms with Crippen LogP contribution in [0.25, 0.3) is 64.6 Å². The lowest BCUT2D eigenvalue weighted by atomic mass is 9.95. The SMILES string of the molecule is [c]1ccc2c(c1)c1c3cccc4c5ccccc5c(c5cccc2c51)c43. The van der Waals surface area contributed by atoms with Crippen LogP contribution in [0, 0.1) is 6.07 Å². The van der Waals surface area contributed by atoms with Crippen molar-refractivity contribution >= 4 is 64.6 Å². The molecule has 0 spiro atoms. The van der Waals surface area contributed by atoms with E-state index in [-0.39, 0.29) is 0 Å². The van der Waals surface area contributed by atoms with E-state index in [4.69, 9.17) is 0 Å². The molecule has 0 unspecified atom stereocenters. The fourth-order valence-corrected chi connectivity index (χ4v) is 5.15. The van der Waals surface area contributed by atoms with Crippen LogP contribution >= 0.6 is 0 Å². The molecule has 0 aliphatic carbocycles. The van der Waals surface area contributed by atoms with E-state index in [0.29, 0.717) is 0 Å². The lowest BCUT2D eigenvalue weighted by molar-refractivity contribution is 1.83. The molecule has 0 N–H and O–H groups in total. The minimum Gasteiger partial charge on any atom is -0.0616 e. The van der Waals surface area contributed by atoms with E-state index in [1.165, 1.54) is 64.6 Å². The van der Waals surface area contributed by atoms with Crippen LogP contribution in [0.2, 0.25) is 0 Å². The second kappa shape index (κ2) is 4.23. The molecule has 0 atom stereocenters. The maximum absolute atomic E-state index is 3.30. The van der Waals surface area contributed by atoms with Crippen LogP contribution in [0.1, 0.15) is 0 Å². The first-order valence-electron chi connectivity index (χ1n) is 9.05. The molecule has 0 amide bonds. The van der Waals surface area contributed by atoms with Crippen molar-refractivity contribution in [3.8, 4) is 0 Å². The molecule has 0 saturated carbocycles. The largest absolute Gasteiger partial charge is 0.0616 e. The maximum Gasteiger partial charge on any atom is -0.00134 e. The van der Waals surface area contributed by atoms with Crippen molar-refractivity contribution in [3.05, 3.63) is 84.9 Å². The summed E-state index contributed by atoms with van der Waals surface area (Å²) in [6.07, 6.45) is 0. The number of fused-ring (bicyclic) bond motifs is 8. The van der Waals surface area contributed by atoms with Crippen molar-refractivity contribution < 1.29 is 0 Å². The molecule has 7 aromatic carbocycles. The molecule has 7 rings (SSSR count). The molecule has 1 radical (unpaired) electrons. The summed E-state index contributed by atoms with van der Waals surface area (Å²) >= 11 is 0. The maximum atomic E-state index is 3.30. The quantitative estimate of drug-likeness (QED) is 0.257. The van der Waals surface area contributed by atoms with Crippen LogP contribution in [0.5, 0.6) is 0 Å². The number of hydrogen-bond acceptors (Lipinski definition) is 0. The van der Waals surface area contributed by atoms with Gasteiger partial charge >= 0.3 is 0 Å². The highest BCUT2D eigenvalue weighted by Crippen LogP contribution is 2.49. The Bertz CT molecular complexity index is 1490. The summed E-state index contributed by atoms with van der Waals surface area (Å²) in [5.74, 6) is 0. The van der Waals surface area contributed by atoms with Crippen LogP contribution in [0.4, 0.5) is 0 Å². The van der Waals surface area contributed by atoms with E-state index in [2.05, 4.69) is 78.9 Å². The van der Waals surface area contributed by atoms with E-state index in [0.717, 1.165) is 0 Å². The number of rotatable bonds is 0. The second-order valence-corrected chi connectivity index (χ2v) is 7.22. The van der Waals surface area contributed by atoms with Gasteiger partial charge in [0.1, 0.15) is 0 Å². The Balaban J connectivity index is 2.02. The molecule has 0 aliphatic heterocycles. The minimum atomic E-state index is 1.32. The van der Waals surface area contributed by atoms with Gasteiger partial charge in [0, 0.05) is 0 Å². The number of hydrogen-bond donors (Lipinski definition) is 0. The summed E-state index contributed by atoms with van der Waals surface area (Å²) < 4.78 is 0. The Labute approximate surface area is 149 Å². The van der Waals surface area contributed by atoms with Crippen molar-refractivity contribution in [2.75, 3.05) is 0 Å². The summed E-state index contributed by atoms with van der Waals surface area (Å²) in [7, 11) is 0. The highest BCUT2D eigenvalue weighted by atomic mass is 14.2. The lowest BCUT2D eigenvalue weighted by Crippen LogP contribution is -1.79.